The van der Waals surface area contributed by atoms with Gasteiger partial charge in [0.2, 0.25) is 18.1 Å². The number of aromatic amines is 1. The molecular weight excluding hydrogens is 591 g/mol. The number of nitrogens with zero attached hydrogens (tertiary/aromatic N) is 3. The number of carbonyl (C=O) groups excluding carboxylic acids is 1. The largest absolute Gasteiger partial charge is 0.481 e. The number of imidazole rings is 1. The Morgan fingerprint density at radius 3 is 2.20 bits per heavy atom. The maximum absolute atomic E-state index is 13.6. The van der Waals surface area contributed by atoms with Gasteiger partial charge in [-0.2, -0.15) is 0 Å². The minimum atomic E-state index is -1.14. The fourth-order valence-electron chi connectivity index (χ4n) is 4.58. The number of nitrogens with two attached hydrogens (primary N) is 1. The number of primary amides is 1. The summed E-state index contributed by atoms with van der Waals surface area (Å²) in [6.45, 7) is 3.52. The van der Waals surface area contributed by atoms with Gasteiger partial charge in [-0.1, -0.05) is 48.5 Å². The molecule has 2 aromatic heterocycles. The highest BCUT2D eigenvalue weighted by Crippen LogP contribution is 2.35. The quantitative estimate of drug-likeness (QED) is 0.168. The van der Waals surface area contributed by atoms with Gasteiger partial charge in [0.05, 0.1) is 36.3 Å². The Balaban J connectivity index is 0.000000400. The van der Waals surface area contributed by atoms with Gasteiger partial charge in [0.1, 0.15) is 11.2 Å². The molecule has 6 rings (SSSR count). The molecule has 3 heterocycles. The molecule has 5 N–H and O–H groups in total. The van der Waals surface area contributed by atoms with Crippen molar-refractivity contribution < 1.29 is 28.6 Å². The summed E-state index contributed by atoms with van der Waals surface area (Å²) in [6.07, 6.45) is 0.751. The number of carboxylic acids is 1. The van der Waals surface area contributed by atoms with E-state index in [0.29, 0.717) is 40.0 Å². The van der Waals surface area contributed by atoms with Gasteiger partial charge in [-0.15, -0.1) is 0 Å². The summed E-state index contributed by atoms with van der Waals surface area (Å²) in [5, 5.41) is 12.8. The summed E-state index contributed by atoms with van der Waals surface area (Å²) in [6, 6.07) is 26.4. The lowest BCUT2D eigenvalue weighted by Crippen LogP contribution is -2.42. The number of hydrogen-bond acceptors (Lipinski definition) is 8. The minimum absolute atomic E-state index is 0.0297. The highest BCUT2D eigenvalue weighted by molar-refractivity contribution is 5.92. The first-order valence-electron chi connectivity index (χ1n) is 14.4. The minimum Gasteiger partial charge on any atom is -0.481 e. The fourth-order valence-corrected chi connectivity index (χ4v) is 4.58. The Morgan fingerprint density at radius 1 is 0.978 bits per heavy atom. The number of carboxylic acid groups (broad SMARTS) is 1. The van der Waals surface area contributed by atoms with Crippen LogP contribution in [0.1, 0.15) is 47.9 Å². The van der Waals surface area contributed by atoms with Gasteiger partial charge in [-0.3, -0.25) is 9.59 Å². The zero-order valence-corrected chi connectivity index (χ0v) is 25.2. The van der Waals surface area contributed by atoms with Crippen molar-refractivity contribution in [3.63, 3.8) is 0 Å². The summed E-state index contributed by atoms with van der Waals surface area (Å²) < 4.78 is 25.1. The van der Waals surface area contributed by atoms with Crippen molar-refractivity contribution in [2.24, 2.45) is 11.1 Å². The number of rotatable bonds is 8. The highest BCUT2D eigenvalue weighted by Gasteiger charge is 2.41. The van der Waals surface area contributed by atoms with Crippen LogP contribution in [0.2, 0.25) is 0 Å². The first-order chi connectivity index (χ1) is 22.1. The van der Waals surface area contributed by atoms with E-state index in [0.717, 1.165) is 5.56 Å². The van der Waals surface area contributed by atoms with Gasteiger partial charge in [0.15, 0.2) is 5.82 Å². The van der Waals surface area contributed by atoms with Crippen molar-refractivity contribution in [2.45, 2.75) is 26.2 Å². The van der Waals surface area contributed by atoms with Crippen molar-refractivity contribution >= 4 is 17.8 Å². The zero-order chi connectivity index (χ0) is 32.7. The maximum atomic E-state index is 13.6. The smallest absolute Gasteiger partial charge is 0.314 e. The van der Waals surface area contributed by atoms with E-state index in [4.69, 9.17) is 20.2 Å². The number of nitrogens with one attached hydrogen (secondary N) is 2. The van der Waals surface area contributed by atoms with Gasteiger partial charge < -0.3 is 30.6 Å². The number of benzene rings is 3. The van der Waals surface area contributed by atoms with Crippen molar-refractivity contribution in [2.75, 3.05) is 18.5 Å². The second kappa shape index (κ2) is 14.1. The average Bonchev–Trinajstić information content (AvgIpc) is 3.52. The van der Waals surface area contributed by atoms with Crippen LogP contribution >= 0.6 is 0 Å². The molecule has 46 heavy (non-hydrogen) atoms. The molecule has 1 amide bonds. The third-order valence-electron chi connectivity index (χ3n) is 7.30. The summed E-state index contributed by atoms with van der Waals surface area (Å²) >= 11 is 0. The van der Waals surface area contributed by atoms with Crippen LogP contribution in [-0.2, 0) is 14.3 Å². The van der Waals surface area contributed by atoms with Gasteiger partial charge in [0, 0.05) is 17.3 Å². The van der Waals surface area contributed by atoms with Crippen LogP contribution in [0.3, 0.4) is 0 Å². The van der Waals surface area contributed by atoms with Crippen molar-refractivity contribution in [1.82, 2.24) is 19.9 Å². The normalized spacial score (nSPS) is 18.1. The number of halogens is 1. The van der Waals surface area contributed by atoms with Crippen LogP contribution < -0.4 is 11.1 Å². The maximum Gasteiger partial charge on any atom is 0.314 e. The van der Waals surface area contributed by atoms with E-state index in [1.54, 1.807) is 55.6 Å². The molecule has 0 spiro atoms. The number of aromatic nitrogens is 4. The van der Waals surface area contributed by atoms with E-state index in [1.807, 2.05) is 43.3 Å². The van der Waals surface area contributed by atoms with E-state index in [1.165, 1.54) is 12.1 Å². The molecule has 5 aromatic rings. The van der Waals surface area contributed by atoms with Crippen LogP contribution in [0.25, 0.3) is 22.6 Å². The van der Waals surface area contributed by atoms with E-state index < -0.39 is 17.7 Å². The number of amides is 1. The molecule has 0 saturated carbocycles. The number of aliphatic carboxylic acids is 1. The molecule has 0 bridgehead atoms. The average molecular weight is 625 g/mol. The molecule has 1 aliphatic rings. The van der Waals surface area contributed by atoms with Gasteiger partial charge in [-0.25, -0.2) is 19.3 Å². The third kappa shape index (κ3) is 7.60. The Kier molecular flexibility index (Phi) is 9.79. The molecule has 1 saturated heterocycles. The first kappa shape index (κ1) is 31.9. The standard InChI is InChI=1S/C27H26FN5O4.C7H7NO/c1-16(17-6-4-3-5-7-17)30-26-29-13-12-20(31-26)22-21(18-8-10-19(28)11-9-18)32-23(33-22)24-36-14-27(2,15-37-24)25(34)35;8-7(9)6-4-2-1-3-5-6/h3-13,16,24H,14-15H2,1-2H3,(H,32,33)(H,34,35)(H,29,30,31);1-5H,(H2,8,9). The first-order valence-corrected chi connectivity index (χ1v) is 14.4. The molecule has 12 heteroatoms. The topological polar surface area (TPSA) is 165 Å². The zero-order valence-electron chi connectivity index (χ0n) is 25.2. The molecule has 3 aromatic carbocycles. The van der Waals surface area contributed by atoms with Crippen LogP contribution in [0.15, 0.2) is 97.2 Å². The summed E-state index contributed by atoms with van der Waals surface area (Å²) in [5.74, 6) is -0.958. The number of carbonyl (C=O) groups is 2. The molecule has 236 valence electrons. The fraction of sp³-hybridized carbons (Fsp3) is 0.206. The van der Waals surface area contributed by atoms with E-state index >= 15 is 0 Å². The highest BCUT2D eigenvalue weighted by atomic mass is 19.1. The Bertz CT molecular complexity index is 1780. The molecule has 1 unspecified atom stereocenters. The predicted molar refractivity (Wildman–Crippen MR) is 169 cm³/mol. The van der Waals surface area contributed by atoms with Crippen LogP contribution in [0, 0.1) is 11.2 Å². The number of anilines is 1. The van der Waals surface area contributed by atoms with Crippen LogP contribution in [0.5, 0.6) is 0 Å². The Morgan fingerprint density at radius 2 is 1.61 bits per heavy atom. The van der Waals surface area contributed by atoms with E-state index in [-0.39, 0.29) is 31.0 Å². The molecule has 0 aliphatic carbocycles. The van der Waals surface area contributed by atoms with E-state index in [9.17, 15) is 19.1 Å². The second-order valence-corrected chi connectivity index (χ2v) is 10.9. The SMILES string of the molecule is CC(Nc1nccc(-c2[nH]c(C3OCC(C)(C(=O)O)CO3)nc2-c2ccc(F)cc2)n1)c1ccccc1.NC(=O)c1ccccc1. The lowest BCUT2D eigenvalue weighted by atomic mass is 9.92. The summed E-state index contributed by atoms with van der Waals surface area (Å²) in [7, 11) is 0. The molecule has 1 aliphatic heterocycles. The van der Waals surface area contributed by atoms with Gasteiger partial charge in [0.25, 0.3) is 0 Å². The van der Waals surface area contributed by atoms with Crippen molar-refractivity contribution in [3.8, 4) is 22.6 Å². The number of H-pyrrole nitrogens is 1. The monoisotopic (exact) mass is 624 g/mol. The molecular formula is C34H33FN6O5. The van der Waals surface area contributed by atoms with E-state index in [2.05, 4.69) is 20.3 Å². The van der Waals surface area contributed by atoms with Gasteiger partial charge in [-0.05, 0) is 61.9 Å². The molecule has 1 atom stereocenters. The van der Waals surface area contributed by atoms with Crippen molar-refractivity contribution in [1.29, 1.82) is 0 Å². The lowest BCUT2D eigenvalue weighted by molar-refractivity contribution is -0.236. The van der Waals surface area contributed by atoms with Gasteiger partial charge >= 0.3 is 5.97 Å². The van der Waals surface area contributed by atoms with Crippen molar-refractivity contribution in [3.05, 3.63) is 120 Å². The molecule has 0 radical (unpaired) electrons. The number of ether oxygens (including phenoxy) is 2. The summed E-state index contributed by atoms with van der Waals surface area (Å²) in [5.41, 5.74) is 7.78. The third-order valence-corrected chi connectivity index (χ3v) is 7.30. The summed E-state index contributed by atoms with van der Waals surface area (Å²) in [4.78, 5) is 38.9. The van der Waals surface area contributed by atoms with Crippen LogP contribution in [0.4, 0.5) is 10.3 Å². The second-order valence-electron chi connectivity index (χ2n) is 10.9. The Hall–Kier alpha value is -5.46. The number of hydrogen-bond donors (Lipinski definition) is 4. The van der Waals surface area contributed by atoms with Crippen LogP contribution in [-0.4, -0.2) is 50.1 Å². The molecule has 1 fully saturated rings. The lowest BCUT2D eigenvalue weighted by Gasteiger charge is -2.33. The predicted octanol–water partition coefficient (Wildman–Crippen LogP) is 5.77. The molecule has 11 nitrogen and oxygen atoms in total. The Labute approximate surface area is 264 Å².